The van der Waals surface area contributed by atoms with Crippen molar-refractivity contribution in [3.8, 4) is 0 Å². The number of ether oxygens (including phenoxy) is 2. The fourth-order valence-electron chi connectivity index (χ4n) is 0.933. The van der Waals surface area contributed by atoms with E-state index in [9.17, 15) is 0 Å². The largest absolute Gasteiger partial charge is 0.379 e. The molecule has 0 aromatic rings. The van der Waals surface area contributed by atoms with Gasteiger partial charge in [-0.3, -0.25) is 0 Å². The molecule has 0 aliphatic heterocycles. The van der Waals surface area contributed by atoms with Crippen LogP contribution in [0.3, 0.4) is 0 Å². The highest BCUT2D eigenvalue weighted by molar-refractivity contribution is 6.17. The molecule has 2 nitrogen and oxygen atoms in total. The number of hydrogen-bond donors (Lipinski definition) is 0. The van der Waals surface area contributed by atoms with E-state index in [0.717, 1.165) is 26.1 Å². The van der Waals surface area contributed by atoms with Crippen LogP contribution in [0.25, 0.3) is 0 Å². The second kappa shape index (κ2) is 12.2. The summed E-state index contributed by atoms with van der Waals surface area (Å²) in [6, 6.07) is 0. The molecule has 0 aromatic heterocycles. The minimum atomic E-state index is 0.678. The van der Waals surface area contributed by atoms with Gasteiger partial charge in [0.15, 0.2) is 0 Å². The minimum absolute atomic E-state index is 0.678. The van der Waals surface area contributed by atoms with Crippen molar-refractivity contribution in [2.24, 2.45) is 0 Å². The van der Waals surface area contributed by atoms with Crippen LogP contribution in [0.5, 0.6) is 0 Å². The fourth-order valence-corrected chi connectivity index (χ4v) is 1.04. The highest BCUT2D eigenvalue weighted by Crippen LogP contribution is 1.94. The Morgan fingerprint density at radius 3 is 2.00 bits per heavy atom. The molecule has 0 radical (unpaired) electrons. The summed E-state index contributed by atoms with van der Waals surface area (Å²) in [7, 11) is 0. The number of hydrogen-bond acceptors (Lipinski definition) is 2. The maximum atomic E-state index is 5.49. The van der Waals surface area contributed by atoms with E-state index in [1.165, 1.54) is 12.8 Å². The summed E-state index contributed by atoms with van der Waals surface area (Å²) in [4.78, 5) is 0. The molecule has 3 heteroatoms. The highest BCUT2D eigenvalue weighted by Gasteiger charge is 1.90. The molecular weight excluding hydrogens is 188 g/mol. The summed E-state index contributed by atoms with van der Waals surface area (Å²) >= 11 is 5.49. The van der Waals surface area contributed by atoms with Crippen LogP contribution in [0.2, 0.25) is 0 Å². The smallest absolute Gasteiger partial charge is 0.0700 e. The predicted octanol–water partition coefficient (Wildman–Crippen LogP) is 2.84. The molecule has 0 bridgehead atoms. The molecule has 0 spiro atoms. The lowest BCUT2D eigenvalue weighted by Crippen LogP contribution is -2.06. The van der Waals surface area contributed by atoms with Crippen LogP contribution in [0.15, 0.2) is 0 Å². The quantitative estimate of drug-likeness (QED) is 0.406. The second-order valence-electron chi connectivity index (χ2n) is 2.97. The summed E-state index contributed by atoms with van der Waals surface area (Å²) in [6.07, 6.45) is 4.60. The van der Waals surface area contributed by atoms with E-state index in [-0.39, 0.29) is 0 Å². The van der Waals surface area contributed by atoms with Gasteiger partial charge in [0.1, 0.15) is 0 Å². The van der Waals surface area contributed by atoms with Crippen LogP contribution in [-0.2, 0) is 9.47 Å². The van der Waals surface area contributed by atoms with Crippen molar-refractivity contribution in [1.82, 2.24) is 0 Å². The molecule has 13 heavy (non-hydrogen) atoms. The summed E-state index contributed by atoms with van der Waals surface area (Å²) in [5.41, 5.74) is 0. The minimum Gasteiger partial charge on any atom is -0.379 e. The van der Waals surface area contributed by atoms with Gasteiger partial charge >= 0.3 is 0 Å². The van der Waals surface area contributed by atoms with Crippen molar-refractivity contribution in [2.45, 2.75) is 32.6 Å². The van der Waals surface area contributed by atoms with Crippen molar-refractivity contribution in [3.05, 3.63) is 0 Å². The zero-order chi connectivity index (χ0) is 9.78. The van der Waals surface area contributed by atoms with E-state index >= 15 is 0 Å². The van der Waals surface area contributed by atoms with Gasteiger partial charge in [-0.05, 0) is 12.8 Å². The Kier molecular flexibility index (Phi) is 12.4. The number of alkyl halides is 1. The van der Waals surface area contributed by atoms with Gasteiger partial charge in [0.25, 0.3) is 0 Å². The number of rotatable bonds is 10. The Balaban J connectivity index is 2.76. The topological polar surface area (TPSA) is 18.5 Å². The van der Waals surface area contributed by atoms with E-state index in [1.807, 2.05) is 0 Å². The lowest BCUT2D eigenvalue weighted by atomic mass is 10.3. The van der Waals surface area contributed by atoms with Crippen molar-refractivity contribution in [3.63, 3.8) is 0 Å². The standard InChI is InChI=1S/C10H21ClO2/c1-2-3-4-7-12-9-10-13-8-5-6-11/h2-10H2,1H3. The first-order valence-corrected chi connectivity index (χ1v) is 5.66. The molecule has 0 unspecified atom stereocenters. The van der Waals surface area contributed by atoms with Crippen molar-refractivity contribution in [2.75, 3.05) is 32.3 Å². The molecule has 0 aromatic carbocycles. The Bertz CT molecular complexity index is 79.0. The SMILES string of the molecule is CCCCCOCCOCCCCl. The fraction of sp³-hybridized carbons (Fsp3) is 1.00. The average molecular weight is 209 g/mol. The number of halogens is 1. The monoisotopic (exact) mass is 208 g/mol. The molecule has 0 heterocycles. The Morgan fingerprint density at radius 1 is 0.846 bits per heavy atom. The molecule has 0 aliphatic rings. The van der Waals surface area contributed by atoms with Crippen LogP contribution in [-0.4, -0.2) is 32.3 Å². The third kappa shape index (κ3) is 12.2. The van der Waals surface area contributed by atoms with Gasteiger partial charge < -0.3 is 9.47 Å². The summed E-state index contributed by atoms with van der Waals surface area (Å²) in [5, 5.41) is 0. The van der Waals surface area contributed by atoms with Crippen molar-refractivity contribution in [1.29, 1.82) is 0 Å². The molecule has 0 atom stereocenters. The van der Waals surface area contributed by atoms with Crippen molar-refractivity contribution < 1.29 is 9.47 Å². The maximum absolute atomic E-state index is 5.49. The van der Waals surface area contributed by atoms with E-state index in [0.29, 0.717) is 19.1 Å². The van der Waals surface area contributed by atoms with Crippen LogP contribution in [0.1, 0.15) is 32.6 Å². The van der Waals surface area contributed by atoms with Crippen LogP contribution < -0.4 is 0 Å². The van der Waals surface area contributed by atoms with Crippen LogP contribution in [0.4, 0.5) is 0 Å². The Morgan fingerprint density at radius 2 is 1.46 bits per heavy atom. The molecule has 0 aliphatic carbocycles. The summed E-state index contributed by atoms with van der Waals surface area (Å²) < 4.78 is 10.6. The Hall–Kier alpha value is 0.210. The van der Waals surface area contributed by atoms with Gasteiger partial charge in [-0.1, -0.05) is 19.8 Å². The zero-order valence-electron chi connectivity index (χ0n) is 8.56. The average Bonchev–Trinajstić information content (AvgIpc) is 2.16. The molecule has 0 N–H and O–H groups in total. The third-order valence-corrected chi connectivity index (χ3v) is 1.95. The van der Waals surface area contributed by atoms with Crippen LogP contribution >= 0.6 is 11.6 Å². The normalized spacial score (nSPS) is 10.6. The Labute approximate surface area is 86.6 Å². The van der Waals surface area contributed by atoms with Gasteiger partial charge in [-0.2, -0.15) is 0 Å². The molecule has 0 saturated carbocycles. The lowest BCUT2D eigenvalue weighted by Gasteiger charge is -2.04. The molecule has 0 fully saturated rings. The van der Waals surface area contributed by atoms with Crippen molar-refractivity contribution >= 4 is 11.6 Å². The molecule has 80 valence electrons. The maximum Gasteiger partial charge on any atom is 0.0700 e. The molecular formula is C10H21ClO2. The van der Waals surface area contributed by atoms with Gasteiger partial charge in [0.2, 0.25) is 0 Å². The molecule has 0 saturated heterocycles. The van der Waals surface area contributed by atoms with E-state index in [2.05, 4.69) is 6.92 Å². The summed E-state index contributed by atoms with van der Waals surface area (Å²) in [5.74, 6) is 0.678. The van der Waals surface area contributed by atoms with Gasteiger partial charge in [0, 0.05) is 19.1 Å². The van der Waals surface area contributed by atoms with Crippen LogP contribution in [0, 0.1) is 0 Å². The predicted molar refractivity (Wildman–Crippen MR) is 56.5 cm³/mol. The molecule has 0 rings (SSSR count). The third-order valence-electron chi connectivity index (χ3n) is 1.69. The highest BCUT2D eigenvalue weighted by atomic mass is 35.5. The van der Waals surface area contributed by atoms with Gasteiger partial charge in [0.05, 0.1) is 13.2 Å². The second-order valence-corrected chi connectivity index (χ2v) is 3.35. The van der Waals surface area contributed by atoms with E-state index < -0.39 is 0 Å². The van der Waals surface area contributed by atoms with Gasteiger partial charge in [-0.15, -0.1) is 11.6 Å². The first-order valence-electron chi connectivity index (χ1n) is 5.13. The summed E-state index contributed by atoms with van der Waals surface area (Å²) in [6.45, 7) is 5.22. The lowest BCUT2D eigenvalue weighted by molar-refractivity contribution is 0.0468. The van der Waals surface area contributed by atoms with E-state index in [1.54, 1.807) is 0 Å². The number of unbranched alkanes of at least 4 members (excludes halogenated alkanes) is 2. The molecule has 0 amide bonds. The first kappa shape index (κ1) is 13.2. The first-order chi connectivity index (χ1) is 6.41. The van der Waals surface area contributed by atoms with Gasteiger partial charge in [-0.25, -0.2) is 0 Å². The zero-order valence-corrected chi connectivity index (χ0v) is 9.31. The van der Waals surface area contributed by atoms with E-state index in [4.69, 9.17) is 21.1 Å².